The highest BCUT2D eigenvalue weighted by atomic mass is 32.2. The molecule has 1 atom stereocenters. The number of ether oxygens (including phenoxy) is 3. The van der Waals surface area contributed by atoms with Gasteiger partial charge in [0.15, 0.2) is 16.7 Å². The lowest BCUT2D eigenvalue weighted by molar-refractivity contribution is -0.129. The van der Waals surface area contributed by atoms with E-state index in [2.05, 4.69) is 5.32 Å². The minimum Gasteiger partial charge on any atom is -0.497 e. The number of thioether (sulfide) groups is 1. The van der Waals surface area contributed by atoms with Gasteiger partial charge in [0.05, 0.1) is 27.0 Å². The molecule has 1 aliphatic carbocycles. The van der Waals surface area contributed by atoms with E-state index in [0.717, 1.165) is 37.1 Å². The van der Waals surface area contributed by atoms with Crippen LogP contribution in [0.3, 0.4) is 0 Å². The van der Waals surface area contributed by atoms with Crippen LogP contribution in [0.4, 0.5) is 11.4 Å². The molecule has 0 bridgehead atoms. The van der Waals surface area contributed by atoms with Crippen molar-refractivity contribution in [3.8, 4) is 17.2 Å². The van der Waals surface area contributed by atoms with Gasteiger partial charge in [0.1, 0.15) is 11.0 Å². The fourth-order valence-electron chi connectivity index (χ4n) is 4.25. The maximum atomic E-state index is 13.4. The molecule has 34 heavy (non-hydrogen) atoms. The van der Waals surface area contributed by atoms with Gasteiger partial charge in [0.25, 0.3) is 0 Å². The second kappa shape index (κ2) is 10.8. The first-order valence-corrected chi connectivity index (χ1v) is 12.1. The lowest BCUT2D eigenvalue weighted by Gasteiger charge is -2.23. The molecular weight excluding hydrogens is 454 g/mol. The third-order valence-electron chi connectivity index (χ3n) is 5.99. The van der Waals surface area contributed by atoms with Crippen molar-refractivity contribution in [2.75, 3.05) is 26.6 Å². The van der Waals surface area contributed by atoms with E-state index in [9.17, 15) is 9.59 Å². The molecule has 2 aliphatic rings. The molecule has 1 saturated carbocycles. The third-order valence-corrected chi connectivity index (χ3v) is 7.14. The van der Waals surface area contributed by atoms with Gasteiger partial charge in [-0.2, -0.15) is 0 Å². The molecule has 2 amide bonds. The summed E-state index contributed by atoms with van der Waals surface area (Å²) in [5, 5.41) is 3.01. The summed E-state index contributed by atoms with van der Waals surface area (Å²) in [5.41, 5.74) is 1.33. The number of nitrogens with one attached hydrogen (secondary N) is 1. The average Bonchev–Trinajstić information content (AvgIpc) is 3.47. The van der Waals surface area contributed by atoms with Gasteiger partial charge in [-0.15, -0.1) is 0 Å². The van der Waals surface area contributed by atoms with Gasteiger partial charge in [0, 0.05) is 24.2 Å². The van der Waals surface area contributed by atoms with Gasteiger partial charge in [-0.3, -0.25) is 14.5 Å². The van der Waals surface area contributed by atoms with Crippen LogP contribution in [-0.4, -0.2) is 54.5 Å². The first-order chi connectivity index (χ1) is 16.5. The first-order valence-electron chi connectivity index (χ1n) is 11.3. The summed E-state index contributed by atoms with van der Waals surface area (Å²) in [7, 11) is 4.71. The average molecular weight is 484 g/mol. The van der Waals surface area contributed by atoms with Crippen LogP contribution in [0.2, 0.25) is 0 Å². The molecule has 2 aromatic carbocycles. The summed E-state index contributed by atoms with van der Waals surface area (Å²) >= 11 is 1.36. The van der Waals surface area contributed by atoms with Gasteiger partial charge in [-0.25, -0.2) is 4.99 Å². The molecule has 1 saturated heterocycles. The zero-order chi connectivity index (χ0) is 24.1. The number of carbonyl (C=O) groups is 2. The summed E-state index contributed by atoms with van der Waals surface area (Å²) in [4.78, 5) is 32.7. The Hall–Kier alpha value is -3.20. The van der Waals surface area contributed by atoms with Crippen molar-refractivity contribution in [2.45, 2.75) is 43.4 Å². The number of hydrogen-bond acceptors (Lipinski definition) is 7. The third kappa shape index (κ3) is 5.30. The number of methoxy groups -OCH3 is 3. The highest BCUT2D eigenvalue weighted by molar-refractivity contribution is 8.15. The van der Waals surface area contributed by atoms with Gasteiger partial charge in [-0.1, -0.05) is 24.6 Å². The Morgan fingerprint density at radius 2 is 1.74 bits per heavy atom. The number of rotatable bonds is 8. The van der Waals surface area contributed by atoms with Crippen molar-refractivity contribution < 1.29 is 23.8 Å². The highest BCUT2D eigenvalue weighted by Gasteiger charge is 2.43. The number of nitrogens with zero attached hydrogens (tertiary/aromatic N) is 2. The SMILES string of the molecule is COc1ccc(N=C2SC(CC(=O)Nc3ccc(OC)c(OC)c3)C(=O)N2C2CCCC2)cc1. The molecule has 9 heteroatoms. The van der Waals surface area contributed by atoms with Crippen molar-refractivity contribution >= 4 is 40.1 Å². The number of anilines is 1. The molecule has 0 spiro atoms. The van der Waals surface area contributed by atoms with Crippen LogP contribution in [-0.2, 0) is 9.59 Å². The Bertz CT molecular complexity index is 1070. The predicted octanol–water partition coefficient (Wildman–Crippen LogP) is 4.62. The summed E-state index contributed by atoms with van der Waals surface area (Å²) in [5.74, 6) is 1.56. The second-order valence-corrected chi connectivity index (χ2v) is 9.34. The van der Waals surface area contributed by atoms with Gasteiger partial charge in [-0.05, 0) is 49.2 Å². The summed E-state index contributed by atoms with van der Waals surface area (Å²) in [6.45, 7) is 0. The smallest absolute Gasteiger partial charge is 0.242 e. The van der Waals surface area contributed by atoms with Crippen molar-refractivity contribution in [1.29, 1.82) is 0 Å². The van der Waals surface area contributed by atoms with E-state index in [-0.39, 0.29) is 24.3 Å². The molecule has 0 radical (unpaired) electrons. The highest BCUT2D eigenvalue weighted by Crippen LogP contribution is 2.37. The maximum absolute atomic E-state index is 13.4. The molecule has 8 nitrogen and oxygen atoms in total. The number of benzene rings is 2. The zero-order valence-corrected chi connectivity index (χ0v) is 20.4. The van der Waals surface area contributed by atoms with Crippen molar-refractivity contribution in [3.63, 3.8) is 0 Å². The molecule has 2 aromatic rings. The maximum Gasteiger partial charge on any atom is 0.242 e. The van der Waals surface area contributed by atoms with Gasteiger partial charge in [0.2, 0.25) is 11.8 Å². The van der Waals surface area contributed by atoms with E-state index < -0.39 is 5.25 Å². The number of carbonyl (C=O) groups excluding carboxylic acids is 2. The lowest BCUT2D eigenvalue weighted by atomic mass is 10.2. The van der Waals surface area contributed by atoms with Crippen molar-refractivity contribution in [2.24, 2.45) is 4.99 Å². The largest absolute Gasteiger partial charge is 0.497 e. The minimum atomic E-state index is -0.516. The predicted molar refractivity (Wildman–Crippen MR) is 133 cm³/mol. The molecule has 1 aliphatic heterocycles. The molecule has 1 N–H and O–H groups in total. The number of hydrogen-bond donors (Lipinski definition) is 1. The van der Waals surface area contributed by atoms with Crippen LogP contribution >= 0.6 is 11.8 Å². The minimum absolute atomic E-state index is 0.0494. The number of aliphatic imine (C=N–C) groups is 1. The van der Waals surface area contributed by atoms with Crippen LogP contribution in [0.5, 0.6) is 17.2 Å². The van der Waals surface area contributed by atoms with E-state index in [1.54, 1.807) is 39.5 Å². The quantitative estimate of drug-likeness (QED) is 0.590. The van der Waals surface area contributed by atoms with Crippen molar-refractivity contribution in [1.82, 2.24) is 4.90 Å². The van der Waals surface area contributed by atoms with Gasteiger partial charge >= 0.3 is 0 Å². The molecule has 0 aromatic heterocycles. The van der Waals surface area contributed by atoms with E-state index in [1.807, 2.05) is 29.2 Å². The topological polar surface area (TPSA) is 89.5 Å². The standard InChI is InChI=1S/C25H29N3O5S/c1-31-19-11-8-16(9-12-19)27-25-28(18-6-4-5-7-18)24(30)22(34-25)15-23(29)26-17-10-13-20(32-2)21(14-17)33-3/h8-14,18,22H,4-7,15H2,1-3H3,(H,26,29). The lowest BCUT2D eigenvalue weighted by Crippen LogP contribution is -2.40. The molecule has 1 unspecified atom stereocenters. The monoisotopic (exact) mass is 483 g/mol. The Labute approximate surface area is 203 Å². The second-order valence-electron chi connectivity index (χ2n) is 8.17. The van der Waals surface area contributed by atoms with Crippen molar-refractivity contribution in [3.05, 3.63) is 42.5 Å². The van der Waals surface area contributed by atoms with Crippen LogP contribution < -0.4 is 19.5 Å². The molecule has 4 rings (SSSR count). The molecular formula is C25H29N3O5S. The van der Waals surface area contributed by atoms with E-state index >= 15 is 0 Å². The number of amidine groups is 1. The van der Waals surface area contributed by atoms with E-state index in [4.69, 9.17) is 19.2 Å². The normalized spacial score (nSPS) is 19.5. The number of amides is 2. The Morgan fingerprint density at radius 1 is 1.03 bits per heavy atom. The van der Waals surface area contributed by atoms with E-state index in [0.29, 0.717) is 22.4 Å². The van der Waals surface area contributed by atoms with Crippen LogP contribution in [0.15, 0.2) is 47.5 Å². The fraction of sp³-hybridized carbons (Fsp3) is 0.400. The van der Waals surface area contributed by atoms with Crippen LogP contribution in [0.25, 0.3) is 0 Å². The fourth-order valence-corrected chi connectivity index (χ4v) is 5.47. The van der Waals surface area contributed by atoms with Crippen LogP contribution in [0, 0.1) is 0 Å². The first kappa shape index (κ1) is 23.9. The summed E-state index contributed by atoms with van der Waals surface area (Å²) in [6.07, 6.45) is 4.17. The van der Waals surface area contributed by atoms with Crippen LogP contribution in [0.1, 0.15) is 32.1 Å². The Morgan fingerprint density at radius 3 is 2.38 bits per heavy atom. The summed E-state index contributed by atoms with van der Waals surface area (Å²) in [6, 6.07) is 12.7. The molecule has 1 heterocycles. The Kier molecular flexibility index (Phi) is 7.62. The van der Waals surface area contributed by atoms with Gasteiger partial charge < -0.3 is 19.5 Å². The Balaban J connectivity index is 1.50. The molecule has 2 fully saturated rings. The zero-order valence-electron chi connectivity index (χ0n) is 19.6. The van der Waals surface area contributed by atoms with E-state index in [1.165, 1.54) is 11.8 Å². The summed E-state index contributed by atoms with van der Waals surface area (Å²) < 4.78 is 15.8. The molecule has 180 valence electrons.